The molecule has 2 amide bonds. The molecule has 7 nitrogen and oxygen atoms in total. The number of carbonyl (C=O) groups is 2. The summed E-state index contributed by atoms with van der Waals surface area (Å²) in [6.45, 7) is 0. The lowest BCUT2D eigenvalue weighted by atomic mass is 10.1. The van der Waals surface area contributed by atoms with Gasteiger partial charge < -0.3 is 10.1 Å². The van der Waals surface area contributed by atoms with Crippen molar-refractivity contribution in [3.63, 3.8) is 0 Å². The van der Waals surface area contributed by atoms with Crippen molar-refractivity contribution in [1.29, 1.82) is 0 Å². The summed E-state index contributed by atoms with van der Waals surface area (Å²) >= 11 is 0.975. The van der Waals surface area contributed by atoms with Crippen molar-refractivity contribution < 1.29 is 19.5 Å². The van der Waals surface area contributed by atoms with Crippen LogP contribution in [0.1, 0.15) is 15.2 Å². The number of nitrogens with zero attached hydrogens (tertiary/aromatic N) is 1. The molecule has 0 unspecified atom stereocenters. The van der Waals surface area contributed by atoms with Gasteiger partial charge in [-0.15, -0.1) is 0 Å². The van der Waals surface area contributed by atoms with Gasteiger partial charge in [-0.2, -0.15) is 0 Å². The average molecular weight is 307 g/mol. The number of hydroxylamine groups is 1. The number of benzene rings is 1. The molecule has 21 heavy (non-hydrogen) atoms. The second-order valence-corrected chi connectivity index (χ2v) is 5.07. The van der Waals surface area contributed by atoms with Gasteiger partial charge in [-0.25, -0.2) is 10.5 Å². The molecule has 0 atom stereocenters. The van der Waals surface area contributed by atoms with Crippen molar-refractivity contribution in [3.05, 3.63) is 40.9 Å². The Morgan fingerprint density at radius 3 is 2.67 bits per heavy atom. The highest BCUT2D eigenvalue weighted by Crippen LogP contribution is 2.18. The Labute approximate surface area is 124 Å². The molecule has 0 spiro atoms. The first kappa shape index (κ1) is 14.9. The fourth-order valence-electron chi connectivity index (χ4n) is 1.58. The van der Waals surface area contributed by atoms with E-state index in [-0.39, 0.29) is 17.2 Å². The Morgan fingerprint density at radius 2 is 2.05 bits per heavy atom. The number of amides is 2. The SMILES string of the molecule is COc1ccc(CC(=O)Nc2ncc(C(=O)NO)s2)cc1. The molecule has 0 fully saturated rings. The van der Waals surface area contributed by atoms with Crippen LogP contribution < -0.4 is 15.5 Å². The highest BCUT2D eigenvalue weighted by molar-refractivity contribution is 7.17. The summed E-state index contributed by atoms with van der Waals surface area (Å²) in [5.74, 6) is -0.188. The Kier molecular flexibility index (Phi) is 4.85. The lowest BCUT2D eigenvalue weighted by molar-refractivity contribution is -0.115. The van der Waals surface area contributed by atoms with Crippen LogP contribution in [0.2, 0.25) is 0 Å². The summed E-state index contributed by atoms with van der Waals surface area (Å²) in [5, 5.41) is 11.4. The van der Waals surface area contributed by atoms with Crippen LogP contribution in [-0.4, -0.2) is 29.1 Å². The number of hydrogen-bond donors (Lipinski definition) is 3. The van der Waals surface area contributed by atoms with Crippen molar-refractivity contribution in [2.45, 2.75) is 6.42 Å². The summed E-state index contributed by atoms with van der Waals surface area (Å²) < 4.78 is 5.04. The quantitative estimate of drug-likeness (QED) is 0.573. The van der Waals surface area contributed by atoms with E-state index >= 15 is 0 Å². The van der Waals surface area contributed by atoms with Gasteiger partial charge in [-0.1, -0.05) is 23.5 Å². The molecule has 8 heteroatoms. The van der Waals surface area contributed by atoms with Crippen LogP contribution in [0.15, 0.2) is 30.5 Å². The van der Waals surface area contributed by atoms with E-state index in [9.17, 15) is 9.59 Å². The molecule has 0 aliphatic heterocycles. The molecule has 110 valence electrons. The zero-order valence-electron chi connectivity index (χ0n) is 11.1. The molecule has 2 rings (SSSR count). The van der Waals surface area contributed by atoms with Gasteiger partial charge in [0.05, 0.1) is 19.7 Å². The van der Waals surface area contributed by atoms with Gasteiger partial charge in [0.2, 0.25) is 5.91 Å². The van der Waals surface area contributed by atoms with Crippen molar-refractivity contribution >= 4 is 28.3 Å². The van der Waals surface area contributed by atoms with Crippen LogP contribution in [-0.2, 0) is 11.2 Å². The summed E-state index contributed by atoms with van der Waals surface area (Å²) in [7, 11) is 1.57. The minimum absolute atomic E-state index is 0.186. The molecule has 0 saturated carbocycles. The van der Waals surface area contributed by atoms with E-state index in [1.165, 1.54) is 11.7 Å². The smallest absolute Gasteiger partial charge is 0.286 e. The largest absolute Gasteiger partial charge is 0.497 e. The van der Waals surface area contributed by atoms with Crippen LogP contribution in [0.5, 0.6) is 5.75 Å². The third kappa shape index (κ3) is 4.01. The number of rotatable bonds is 5. The monoisotopic (exact) mass is 307 g/mol. The van der Waals surface area contributed by atoms with Crippen molar-refractivity contribution in [2.75, 3.05) is 12.4 Å². The predicted molar refractivity (Wildman–Crippen MR) is 76.7 cm³/mol. The Hall–Kier alpha value is -2.45. The molecular formula is C13H13N3O4S. The molecule has 0 aliphatic rings. The van der Waals surface area contributed by atoms with Crippen molar-refractivity contribution in [2.24, 2.45) is 0 Å². The van der Waals surface area contributed by atoms with E-state index in [1.807, 2.05) is 0 Å². The van der Waals surface area contributed by atoms with Gasteiger partial charge >= 0.3 is 0 Å². The highest BCUT2D eigenvalue weighted by atomic mass is 32.1. The third-order valence-corrected chi connectivity index (χ3v) is 3.51. The van der Waals surface area contributed by atoms with Crippen molar-refractivity contribution in [3.8, 4) is 5.75 Å². The van der Waals surface area contributed by atoms with Crippen LogP contribution in [0.4, 0.5) is 5.13 Å². The lowest BCUT2D eigenvalue weighted by Gasteiger charge is -2.03. The Morgan fingerprint density at radius 1 is 1.33 bits per heavy atom. The Balaban J connectivity index is 1.94. The highest BCUT2D eigenvalue weighted by Gasteiger charge is 2.11. The fraction of sp³-hybridized carbons (Fsp3) is 0.154. The maximum absolute atomic E-state index is 11.9. The molecule has 0 saturated heterocycles. The summed E-state index contributed by atoms with van der Waals surface area (Å²) in [6.07, 6.45) is 1.46. The van der Waals surface area contributed by atoms with E-state index in [0.29, 0.717) is 5.13 Å². The number of nitrogens with one attached hydrogen (secondary N) is 2. The molecule has 3 N–H and O–H groups in total. The van der Waals surface area contributed by atoms with E-state index in [4.69, 9.17) is 9.94 Å². The third-order valence-electron chi connectivity index (χ3n) is 2.60. The molecule has 0 radical (unpaired) electrons. The van der Waals surface area contributed by atoms with Crippen molar-refractivity contribution in [1.82, 2.24) is 10.5 Å². The van der Waals surface area contributed by atoms with Gasteiger partial charge in [-0.3, -0.25) is 14.8 Å². The number of hydrogen-bond acceptors (Lipinski definition) is 6. The summed E-state index contributed by atoms with van der Waals surface area (Å²) in [6, 6.07) is 7.14. The van der Waals surface area contributed by atoms with E-state index in [2.05, 4.69) is 10.3 Å². The maximum Gasteiger partial charge on any atom is 0.286 e. The van der Waals surface area contributed by atoms with Gasteiger partial charge in [0, 0.05) is 0 Å². The molecular weight excluding hydrogens is 294 g/mol. The van der Waals surface area contributed by atoms with Gasteiger partial charge in [0.15, 0.2) is 5.13 Å². The normalized spacial score (nSPS) is 10.0. The number of ether oxygens (including phenoxy) is 1. The molecule has 1 aromatic carbocycles. The van der Waals surface area contributed by atoms with Crippen LogP contribution in [0, 0.1) is 0 Å². The first-order valence-corrected chi connectivity index (χ1v) is 6.77. The minimum atomic E-state index is -0.664. The van der Waals surface area contributed by atoms with Crippen LogP contribution in [0.25, 0.3) is 0 Å². The standard InChI is InChI=1S/C13H13N3O4S/c1-20-9-4-2-8(3-5-9)6-11(17)15-13-14-7-10(21-13)12(18)16-19/h2-5,7,19H,6H2,1H3,(H,16,18)(H,14,15,17). The van der Waals surface area contributed by atoms with E-state index in [1.54, 1.807) is 31.4 Å². The second-order valence-electron chi connectivity index (χ2n) is 4.04. The number of methoxy groups -OCH3 is 1. The number of aromatic nitrogens is 1. The zero-order valence-corrected chi connectivity index (χ0v) is 11.9. The predicted octanol–water partition coefficient (Wildman–Crippen LogP) is 1.45. The van der Waals surface area contributed by atoms with Gasteiger partial charge in [0.25, 0.3) is 5.91 Å². The van der Waals surface area contributed by atoms with E-state index < -0.39 is 5.91 Å². The molecule has 1 heterocycles. The van der Waals surface area contributed by atoms with Gasteiger partial charge in [-0.05, 0) is 17.7 Å². The summed E-state index contributed by atoms with van der Waals surface area (Å²) in [5.41, 5.74) is 2.34. The second kappa shape index (κ2) is 6.82. The number of anilines is 1. The van der Waals surface area contributed by atoms with Crippen LogP contribution >= 0.6 is 11.3 Å². The molecule has 0 aliphatic carbocycles. The average Bonchev–Trinajstić information content (AvgIpc) is 2.95. The van der Waals surface area contributed by atoms with E-state index in [0.717, 1.165) is 22.6 Å². The fourth-order valence-corrected chi connectivity index (χ4v) is 2.31. The molecule has 2 aromatic rings. The van der Waals surface area contributed by atoms with Gasteiger partial charge in [0.1, 0.15) is 10.6 Å². The minimum Gasteiger partial charge on any atom is -0.497 e. The summed E-state index contributed by atoms with van der Waals surface area (Å²) in [4.78, 5) is 27.1. The topological polar surface area (TPSA) is 101 Å². The first-order chi connectivity index (χ1) is 10.1. The first-order valence-electron chi connectivity index (χ1n) is 5.95. The Bertz CT molecular complexity index is 639. The maximum atomic E-state index is 11.9. The molecule has 1 aromatic heterocycles. The number of thiazole rings is 1. The molecule has 0 bridgehead atoms. The zero-order chi connectivity index (χ0) is 15.2. The lowest BCUT2D eigenvalue weighted by Crippen LogP contribution is -2.17. The van der Waals surface area contributed by atoms with Crippen LogP contribution in [0.3, 0.4) is 0 Å². The number of carbonyl (C=O) groups excluding carboxylic acids is 2.